The smallest absolute Gasteiger partial charge is 0.242 e. The summed E-state index contributed by atoms with van der Waals surface area (Å²) < 4.78 is 7.25. The SMILES string of the molecule is CCCCC(CC)C(=O)N(CCOC)CC(=O)N(Cc1cccn1C)C1CC1. The molecule has 0 aliphatic heterocycles. The van der Waals surface area contributed by atoms with E-state index < -0.39 is 0 Å². The Kier molecular flexibility index (Phi) is 9.03. The molecule has 1 heterocycles. The Morgan fingerprint density at radius 2 is 2.07 bits per heavy atom. The van der Waals surface area contributed by atoms with Gasteiger partial charge in [-0.3, -0.25) is 9.59 Å². The number of hydrogen-bond donors (Lipinski definition) is 0. The lowest BCUT2D eigenvalue weighted by molar-refractivity contribution is -0.144. The van der Waals surface area contributed by atoms with Crippen molar-refractivity contribution in [1.29, 1.82) is 0 Å². The van der Waals surface area contributed by atoms with Crippen LogP contribution in [0.5, 0.6) is 0 Å². The molecule has 0 N–H and O–H groups in total. The third-order valence-electron chi connectivity index (χ3n) is 5.64. The maximum atomic E-state index is 13.1. The van der Waals surface area contributed by atoms with Crippen LogP contribution < -0.4 is 0 Å². The molecule has 158 valence electrons. The van der Waals surface area contributed by atoms with Crippen LogP contribution >= 0.6 is 0 Å². The lowest BCUT2D eigenvalue weighted by atomic mass is 9.97. The van der Waals surface area contributed by atoms with Gasteiger partial charge in [-0.2, -0.15) is 0 Å². The van der Waals surface area contributed by atoms with E-state index in [9.17, 15) is 9.59 Å². The number of methoxy groups -OCH3 is 1. The summed E-state index contributed by atoms with van der Waals surface area (Å²) in [6.07, 6.45) is 7.92. The topological polar surface area (TPSA) is 54.8 Å². The average molecular weight is 392 g/mol. The fraction of sp³-hybridized carbons (Fsp3) is 0.727. The maximum Gasteiger partial charge on any atom is 0.242 e. The zero-order valence-corrected chi connectivity index (χ0v) is 18.0. The van der Waals surface area contributed by atoms with Crippen molar-refractivity contribution < 1.29 is 14.3 Å². The van der Waals surface area contributed by atoms with E-state index in [1.165, 1.54) is 0 Å². The van der Waals surface area contributed by atoms with E-state index in [0.29, 0.717) is 25.7 Å². The Morgan fingerprint density at radius 1 is 1.32 bits per heavy atom. The van der Waals surface area contributed by atoms with Crippen molar-refractivity contribution in [3.05, 3.63) is 24.0 Å². The monoisotopic (exact) mass is 391 g/mol. The zero-order valence-electron chi connectivity index (χ0n) is 18.0. The molecule has 0 aromatic carbocycles. The van der Waals surface area contributed by atoms with Gasteiger partial charge in [0, 0.05) is 44.6 Å². The molecular weight excluding hydrogens is 354 g/mol. The number of carbonyl (C=O) groups is 2. The minimum atomic E-state index is -0.00754. The van der Waals surface area contributed by atoms with Gasteiger partial charge in [-0.05, 0) is 37.8 Å². The highest BCUT2D eigenvalue weighted by molar-refractivity contribution is 5.86. The first-order chi connectivity index (χ1) is 13.5. The van der Waals surface area contributed by atoms with Crippen LogP contribution in [0.2, 0.25) is 0 Å². The molecule has 1 fully saturated rings. The van der Waals surface area contributed by atoms with Crippen LogP contribution in [0.25, 0.3) is 0 Å². The summed E-state index contributed by atoms with van der Waals surface area (Å²) in [5.41, 5.74) is 1.12. The standard InChI is InChI=1S/C22H37N3O3/c1-5-7-9-18(6-2)22(27)24(14-15-28-4)17-21(26)25(19-11-12-19)16-20-10-8-13-23(20)3/h8,10,13,18-19H,5-7,9,11-12,14-17H2,1-4H3. The molecule has 1 atom stereocenters. The van der Waals surface area contributed by atoms with Gasteiger partial charge in [-0.1, -0.05) is 26.7 Å². The van der Waals surface area contributed by atoms with Gasteiger partial charge in [-0.15, -0.1) is 0 Å². The van der Waals surface area contributed by atoms with Crippen LogP contribution in [-0.4, -0.2) is 59.0 Å². The molecule has 1 aliphatic rings. The van der Waals surface area contributed by atoms with Crippen LogP contribution in [0.3, 0.4) is 0 Å². The van der Waals surface area contributed by atoms with E-state index in [4.69, 9.17) is 4.74 Å². The predicted molar refractivity (Wildman–Crippen MR) is 111 cm³/mol. The Balaban J connectivity index is 2.06. The Hall–Kier alpha value is -1.82. The van der Waals surface area contributed by atoms with E-state index in [2.05, 4.69) is 13.8 Å². The molecule has 0 bridgehead atoms. The molecule has 28 heavy (non-hydrogen) atoms. The minimum absolute atomic E-state index is 0.00754. The van der Waals surface area contributed by atoms with Crippen molar-refractivity contribution in [3.8, 4) is 0 Å². The number of nitrogens with zero attached hydrogens (tertiary/aromatic N) is 3. The van der Waals surface area contributed by atoms with E-state index >= 15 is 0 Å². The molecule has 2 amide bonds. The summed E-state index contributed by atoms with van der Waals surface area (Å²) in [4.78, 5) is 29.9. The highest BCUT2D eigenvalue weighted by atomic mass is 16.5. The van der Waals surface area contributed by atoms with E-state index in [1.807, 2.05) is 34.8 Å². The molecule has 1 unspecified atom stereocenters. The van der Waals surface area contributed by atoms with Gasteiger partial charge in [-0.25, -0.2) is 0 Å². The van der Waals surface area contributed by atoms with Crippen LogP contribution in [0.1, 0.15) is 58.1 Å². The number of unbranched alkanes of at least 4 members (excludes halogenated alkanes) is 1. The fourth-order valence-electron chi connectivity index (χ4n) is 3.58. The predicted octanol–water partition coefficient (Wildman–Crippen LogP) is 3.21. The van der Waals surface area contributed by atoms with Crippen LogP contribution in [0, 0.1) is 5.92 Å². The van der Waals surface area contributed by atoms with Crippen molar-refractivity contribution in [1.82, 2.24) is 14.4 Å². The second kappa shape index (κ2) is 11.2. The quantitative estimate of drug-likeness (QED) is 0.519. The largest absolute Gasteiger partial charge is 0.383 e. The van der Waals surface area contributed by atoms with Crippen molar-refractivity contribution in [3.63, 3.8) is 0 Å². The molecule has 6 heteroatoms. The molecule has 2 rings (SSSR count). The third kappa shape index (κ3) is 6.36. The first kappa shape index (κ1) is 22.5. The second-order valence-electron chi connectivity index (χ2n) is 7.86. The van der Waals surface area contributed by atoms with Gasteiger partial charge >= 0.3 is 0 Å². The van der Waals surface area contributed by atoms with Crippen molar-refractivity contribution in [2.45, 2.75) is 65.0 Å². The first-order valence-corrected chi connectivity index (χ1v) is 10.7. The summed E-state index contributed by atoms with van der Waals surface area (Å²) in [5.74, 6) is 0.126. The van der Waals surface area contributed by atoms with Crippen molar-refractivity contribution in [2.24, 2.45) is 13.0 Å². The van der Waals surface area contributed by atoms with E-state index in [0.717, 1.165) is 44.2 Å². The Labute approximate surface area is 169 Å². The van der Waals surface area contributed by atoms with Gasteiger partial charge in [0.2, 0.25) is 11.8 Å². The van der Waals surface area contributed by atoms with Crippen LogP contribution in [0.15, 0.2) is 18.3 Å². The number of amides is 2. The Bertz CT molecular complexity index is 624. The maximum absolute atomic E-state index is 13.1. The molecule has 0 saturated heterocycles. The van der Waals surface area contributed by atoms with E-state index in [-0.39, 0.29) is 24.3 Å². The number of aryl methyl sites for hydroxylation is 1. The molecule has 0 radical (unpaired) electrons. The molecule has 1 aliphatic carbocycles. The van der Waals surface area contributed by atoms with Crippen molar-refractivity contribution in [2.75, 3.05) is 26.8 Å². The zero-order chi connectivity index (χ0) is 20.5. The lowest BCUT2D eigenvalue weighted by Crippen LogP contribution is -2.46. The van der Waals surface area contributed by atoms with Gasteiger partial charge < -0.3 is 19.1 Å². The summed E-state index contributed by atoms with van der Waals surface area (Å²) in [7, 11) is 3.63. The highest BCUT2D eigenvalue weighted by Gasteiger charge is 2.34. The first-order valence-electron chi connectivity index (χ1n) is 10.7. The number of carbonyl (C=O) groups excluding carboxylic acids is 2. The minimum Gasteiger partial charge on any atom is -0.383 e. The number of hydrogen-bond acceptors (Lipinski definition) is 3. The van der Waals surface area contributed by atoms with E-state index in [1.54, 1.807) is 12.0 Å². The van der Waals surface area contributed by atoms with Crippen LogP contribution in [0.4, 0.5) is 0 Å². The highest BCUT2D eigenvalue weighted by Crippen LogP contribution is 2.29. The average Bonchev–Trinajstić information content (AvgIpc) is 3.45. The van der Waals surface area contributed by atoms with Gasteiger partial charge in [0.25, 0.3) is 0 Å². The van der Waals surface area contributed by atoms with Crippen LogP contribution in [-0.2, 0) is 27.9 Å². The second-order valence-corrected chi connectivity index (χ2v) is 7.86. The lowest BCUT2D eigenvalue weighted by Gasteiger charge is -2.30. The van der Waals surface area contributed by atoms with Crippen molar-refractivity contribution >= 4 is 11.8 Å². The Morgan fingerprint density at radius 3 is 2.61 bits per heavy atom. The molecule has 1 saturated carbocycles. The van der Waals surface area contributed by atoms with Gasteiger partial charge in [0.05, 0.1) is 19.7 Å². The number of rotatable bonds is 13. The molecule has 6 nitrogen and oxygen atoms in total. The third-order valence-corrected chi connectivity index (χ3v) is 5.64. The molecular formula is C22H37N3O3. The van der Waals surface area contributed by atoms with Gasteiger partial charge in [0.15, 0.2) is 0 Å². The summed E-state index contributed by atoms with van der Waals surface area (Å²) in [5, 5.41) is 0. The summed E-state index contributed by atoms with van der Waals surface area (Å²) >= 11 is 0. The molecule has 1 aromatic rings. The summed E-state index contributed by atoms with van der Waals surface area (Å²) in [6, 6.07) is 4.36. The number of aromatic nitrogens is 1. The number of ether oxygens (including phenoxy) is 1. The molecule has 1 aromatic heterocycles. The summed E-state index contributed by atoms with van der Waals surface area (Å²) in [6.45, 7) is 5.86. The van der Waals surface area contributed by atoms with Gasteiger partial charge in [0.1, 0.15) is 0 Å². The normalized spacial score (nSPS) is 14.7. The molecule has 0 spiro atoms. The fourth-order valence-corrected chi connectivity index (χ4v) is 3.58.